The molecular formula is C15H21FN4. The van der Waals surface area contributed by atoms with Gasteiger partial charge in [-0.05, 0) is 44.0 Å². The van der Waals surface area contributed by atoms with E-state index in [9.17, 15) is 4.39 Å². The third-order valence-electron chi connectivity index (χ3n) is 3.83. The molecule has 2 heterocycles. The van der Waals surface area contributed by atoms with Crippen LogP contribution in [0.1, 0.15) is 26.2 Å². The first-order valence-corrected chi connectivity index (χ1v) is 7.40. The predicted molar refractivity (Wildman–Crippen MR) is 79.6 cm³/mol. The van der Waals surface area contributed by atoms with Crippen molar-refractivity contribution in [1.82, 2.24) is 15.3 Å². The molecule has 3 rings (SSSR count). The van der Waals surface area contributed by atoms with Gasteiger partial charge in [-0.25, -0.2) is 9.37 Å². The van der Waals surface area contributed by atoms with Crippen LogP contribution in [0.2, 0.25) is 0 Å². The van der Waals surface area contributed by atoms with Gasteiger partial charge in [0.25, 0.3) is 0 Å². The fraction of sp³-hybridized carbons (Fsp3) is 0.533. The lowest BCUT2D eigenvalue weighted by Crippen LogP contribution is -2.38. The molecule has 20 heavy (non-hydrogen) atoms. The maximum atomic E-state index is 13.3. The van der Waals surface area contributed by atoms with Crippen LogP contribution in [0.15, 0.2) is 18.2 Å². The van der Waals surface area contributed by atoms with Gasteiger partial charge in [0.15, 0.2) is 0 Å². The minimum atomic E-state index is -0.229. The Hall–Kier alpha value is -1.62. The van der Waals surface area contributed by atoms with Crippen LogP contribution in [0.3, 0.4) is 0 Å². The number of nitrogens with zero attached hydrogens (tertiary/aromatic N) is 2. The van der Waals surface area contributed by atoms with Crippen LogP contribution in [0.25, 0.3) is 11.0 Å². The first kappa shape index (κ1) is 13.4. The Morgan fingerprint density at radius 3 is 3.10 bits per heavy atom. The summed E-state index contributed by atoms with van der Waals surface area (Å²) in [4.78, 5) is 10.1. The predicted octanol–water partition coefficient (Wildman–Crippen LogP) is 2.67. The number of imidazole rings is 1. The number of benzene rings is 1. The Labute approximate surface area is 118 Å². The van der Waals surface area contributed by atoms with Crippen molar-refractivity contribution in [1.29, 1.82) is 0 Å². The third-order valence-corrected chi connectivity index (χ3v) is 3.83. The summed E-state index contributed by atoms with van der Waals surface area (Å²) in [5.74, 6) is 0.619. The monoisotopic (exact) mass is 276 g/mol. The van der Waals surface area contributed by atoms with E-state index in [2.05, 4.69) is 27.1 Å². The van der Waals surface area contributed by atoms with E-state index in [1.165, 1.54) is 25.0 Å². The zero-order valence-electron chi connectivity index (χ0n) is 11.8. The summed E-state index contributed by atoms with van der Waals surface area (Å²) in [5, 5.41) is 3.51. The summed E-state index contributed by atoms with van der Waals surface area (Å²) in [6.45, 7) is 5.18. The van der Waals surface area contributed by atoms with E-state index in [4.69, 9.17) is 0 Å². The van der Waals surface area contributed by atoms with Crippen LogP contribution in [0, 0.1) is 5.82 Å². The summed E-state index contributed by atoms with van der Waals surface area (Å²) >= 11 is 0. The van der Waals surface area contributed by atoms with Gasteiger partial charge in [-0.3, -0.25) is 0 Å². The number of aromatic amines is 1. The molecule has 1 aliphatic heterocycles. The van der Waals surface area contributed by atoms with Crippen LogP contribution in [0.5, 0.6) is 0 Å². The van der Waals surface area contributed by atoms with Crippen molar-refractivity contribution in [2.24, 2.45) is 0 Å². The fourth-order valence-electron chi connectivity index (χ4n) is 2.85. The molecule has 0 spiro atoms. The lowest BCUT2D eigenvalue weighted by atomic mass is 10.2. The molecule has 5 heteroatoms. The second-order valence-electron chi connectivity index (χ2n) is 5.46. The summed E-state index contributed by atoms with van der Waals surface area (Å²) in [6.07, 6.45) is 3.53. The maximum absolute atomic E-state index is 13.3. The number of hydrogen-bond donors (Lipinski definition) is 2. The lowest BCUT2D eigenvalue weighted by molar-refractivity contribution is 0.573. The Morgan fingerprint density at radius 1 is 1.45 bits per heavy atom. The van der Waals surface area contributed by atoms with Gasteiger partial charge in [0.1, 0.15) is 5.82 Å². The number of aromatic nitrogens is 2. The highest BCUT2D eigenvalue weighted by molar-refractivity contribution is 5.77. The van der Waals surface area contributed by atoms with Crippen LogP contribution < -0.4 is 10.2 Å². The lowest BCUT2D eigenvalue weighted by Gasteiger charge is -2.24. The molecule has 2 N–H and O–H groups in total. The number of fused-ring (bicyclic) bond motifs is 1. The fourth-order valence-corrected chi connectivity index (χ4v) is 2.85. The van der Waals surface area contributed by atoms with E-state index < -0.39 is 0 Å². The molecule has 1 fully saturated rings. The summed E-state index contributed by atoms with van der Waals surface area (Å²) in [5.41, 5.74) is 1.59. The molecule has 1 saturated heterocycles. The number of hydrogen-bond acceptors (Lipinski definition) is 3. The first-order valence-electron chi connectivity index (χ1n) is 7.40. The topological polar surface area (TPSA) is 44.0 Å². The van der Waals surface area contributed by atoms with Gasteiger partial charge in [-0.1, -0.05) is 6.92 Å². The van der Waals surface area contributed by atoms with Gasteiger partial charge in [0.2, 0.25) is 5.95 Å². The minimum Gasteiger partial charge on any atom is -0.341 e. The molecule has 0 bridgehead atoms. The summed E-state index contributed by atoms with van der Waals surface area (Å²) in [7, 11) is 0. The van der Waals surface area contributed by atoms with Gasteiger partial charge in [0.05, 0.1) is 11.0 Å². The smallest absolute Gasteiger partial charge is 0.203 e. The standard InChI is InChI=1S/C15H21FN4/c1-2-8-20(10-12-4-3-7-17-12)15-18-13-6-5-11(16)9-14(13)19-15/h5-6,9,12,17H,2-4,7-8,10H2,1H3,(H,18,19). The summed E-state index contributed by atoms with van der Waals surface area (Å²) < 4.78 is 13.3. The third kappa shape index (κ3) is 2.77. The van der Waals surface area contributed by atoms with Crippen molar-refractivity contribution < 1.29 is 4.39 Å². The van der Waals surface area contributed by atoms with Crippen molar-refractivity contribution in [3.63, 3.8) is 0 Å². The highest BCUT2D eigenvalue weighted by Crippen LogP contribution is 2.20. The van der Waals surface area contributed by atoms with E-state index in [-0.39, 0.29) is 5.82 Å². The molecule has 0 amide bonds. The zero-order valence-corrected chi connectivity index (χ0v) is 11.8. The largest absolute Gasteiger partial charge is 0.341 e. The van der Waals surface area contributed by atoms with Gasteiger partial charge in [-0.2, -0.15) is 0 Å². The molecule has 4 nitrogen and oxygen atoms in total. The Kier molecular flexibility index (Phi) is 3.87. The van der Waals surface area contributed by atoms with Crippen LogP contribution in [-0.2, 0) is 0 Å². The van der Waals surface area contributed by atoms with Crippen LogP contribution >= 0.6 is 0 Å². The number of anilines is 1. The van der Waals surface area contributed by atoms with E-state index in [1.54, 1.807) is 6.07 Å². The molecule has 0 radical (unpaired) electrons. The van der Waals surface area contributed by atoms with Crippen molar-refractivity contribution in [2.45, 2.75) is 32.2 Å². The normalized spacial score (nSPS) is 18.8. The second kappa shape index (κ2) is 5.79. The highest BCUT2D eigenvalue weighted by Gasteiger charge is 2.19. The number of halogens is 1. The molecule has 1 unspecified atom stereocenters. The average molecular weight is 276 g/mol. The van der Waals surface area contributed by atoms with E-state index in [0.29, 0.717) is 6.04 Å². The van der Waals surface area contributed by atoms with Gasteiger partial charge in [0, 0.05) is 19.1 Å². The average Bonchev–Trinajstić information content (AvgIpc) is 3.06. The molecular weight excluding hydrogens is 255 g/mol. The van der Waals surface area contributed by atoms with E-state index >= 15 is 0 Å². The number of nitrogens with one attached hydrogen (secondary N) is 2. The van der Waals surface area contributed by atoms with Crippen LogP contribution in [-0.4, -0.2) is 35.6 Å². The molecule has 1 aliphatic rings. The molecule has 2 aromatic rings. The zero-order chi connectivity index (χ0) is 13.9. The Balaban J connectivity index is 1.83. The molecule has 1 aromatic carbocycles. The second-order valence-corrected chi connectivity index (χ2v) is 5.46. The van der Waals surface area contributed by atoms with Crippen LogP contribution in [0.4, 0.5) is 10.3 Å². The van der Waals surface area contributed by atoms with E-state index in [0.717, 1.165) is 43.0 Å². The quantitative estimate of drug-likeness (QED) is 0.882. The van der Waals surface area contributed by atoms with Gasteiger partial charge >= 0.3 is 0 Å². The minimum absolute atomic E-state index is 0.229. The van der Waals surface area contributed by atoms with Crippen molar-refractivity contribution in [3.8, 4) is 0 Å². The van der Waals surface area contributed by atoms with Gasteiger partial charge < -0.3 is 15.2 Å². The van der Waals surface area contributed by atoms with Gasteiger partial charge in [-0.15, -0.1) is 0 Å². The Morgan fingerprint density at radius 2 is 2.35 bits per heavy atom. The Bertz CT molecular complexity index is 574. The molecule has 108 valence electrons. The molecule has 0 aliphatic carbocycles. The molecule has 1 aromatic heterocycles. The SMILES string of the molecule is CCCN(CC1CCCN1)c1nc2ccc(F)cc2[nH]1. The molecule has 0 saturated carbocycles. The molecule has 1 atom stereocenters. The number of rotatable bonds is 5. The summed E-state index contributed by atoms with van der Waals surface area (Å²) in [6, 6.07) is 5.22. The van der Waals surface area contributed by atoms with Crippen molar-refractivity contribution in [3.05, 3.63) is 24.0 Å². The van der Waals surface area contributed by atoms with Crippen molar-refractivity contribution in [2.75, 3.05) is 24.5 Å². The highest BCUT2D eigenvalue weighted by atomic mass is 19.1. The maximum Gasteiger partial charge on any atom is 0.203 e. The van der Waals surface area contributed by atoms with Crippen molar-refractivity contribution >= 4 is 17.0 Å². The first-order chi connectivity index (χ1) is 9.76. The van der Waals surface area contributed by atoms with E-state index in [1.807, 2.05) is 0 Å². The number of H-pyrrole nitrogens is 1.